The first-order chi connectivity index (χ1) is 12.9. The zero-order valence-electron chi connectivity index (χ0n) is 15.1. The van der Waals surface area contributed by atoms with Crippen molar-refractivity contribution in [2.45, 2.75) is 36.6 Å². The number of anilines is 2. The number of halogens is 1. The van der Waals surface area contributed by atoms with Crippen LogP contribution in [0.15, 0.2) is 34.7 Å². The Bertz CT molecular complexity index is 919. The first kappa shape index (κ1) is 19.0. The van der Waals surface area contributed by atoms with E-state index in [-0.39, 0.29) is 10.4 Å². The standard InChI is InChI=1S/C18H23ClN4O2S2/c1-13-10-18(5-2-7-23(18)11-13)12-21-16-4-3-14(9-15(16)19)27(24,25)22-17-20-6-8-26-17/h3-4,6,8-9,13,21H,2,5,7,10-12H2,1H3,(H,20,22). The molecule has 2 N–H and O–H groups in total. The Balaban J connectivity index is 1.47. The van der Waals surface area contributed by atoms with Crippen LogP contribution in [-0.2, 0) is 10.0 Å². The number of thiazole rings is 1. The maximum absolute atomic E-state index is 12.5. The Labute approximate surface area is 169 Å². The number of sulfonamides is 1. The lowest BCUT2D eigenvalue weighted by Crippen LogP contribution is -2.44. The zero-order chi connectivity index (χ0) is 19.1. The van der Waals surface area contributed by atoms with E-state index in [0.717, 1.165) is 18.8 Å². The third-order valence-electron chi connectivity index (χ3n) is 5.51. The molecule has 0 aliphatic carbocycles. The predicted octanol–water partition coefficient (Wildman–Crippen LogP) is 3.88. The van der Waals surface area contributed by atoms with Gasteiger partial charge in [-0.25, -0.2) is 13.4 Å². The lowest BCUT2D eigenvalue weighted by atomic mass is 9.90. The molecule has 1 aromatic carbocycles. The fourth-order valence-corrected chi connectivity index (χ4v) is 6.51. The monoisotopic (exact) mass is 426 g/mol. The summed E-state index contributed by atoms with van der Waals surface area (Å²) in [6.07, 6.45) is 5.19. The topological polar surface area (TPSA) is 74.3 Å². The van der Waals surface area contributed by atoms with Crippen molar-refractivity contribution in [3.05, 3.63) is 34.8 Å². The zero-order valence-corrected chi connectivity index (χ0v) is 17.5. The summed E-state index contributed by atoms with van der Waals surface area (Å²) in [6.45, 7) is 5.47. The number of fused-ring (bicyclic) bond motifs is 1. The van der Waals surface area contributed by atoms with Crippen LogP contribution in [0.5, 0.6) is 0 Å². The molecule has 146 valence electrons. The number of aromatic nitrogens is 1. The highest BCUT2D eigenvalue weighted by Gasteiger charge is 2.46. The fourth-order valence-electron chi connectivity index (χ4n) is 4.39. The van der Waals surface area contributed by atoms with Crippen LogP contribution < -0.4 is 10.0 Å². The molecule has 0 radical (unpaired) electrons. The Morgan fingerprint density at radius 3 is 3.04 bits per heavy atom. The van der Waals surface area contributed by atoms with Gasteiger partial charge >= 0.3 is 0 Å². The van der Waals surface area contributed by atoms with Gasteiger partial charge < -0.3 is 5.32 Å². The van der Waals surface area contributed by atoms with Gasteiger partial charge in [-0.15, -0.1) is 11.3 Å². The third kappa shape index (κ3) is 3.81. The highest BCUT2D eigenvalue weighted by Crippen LogP contribution is 2.41. The molecule has 0 saturated carbocycles. The number of nitrogens with one attached hydrogen (secondary N) is 2. The minimum Gasteiger partial charge on any atom is -0.382 e. The Kier molecular flexibility index (Phi) is 5.09. The van der Waals surface area contributed by atoms with E-state index in [2.05, 4.69) is 26.8 Å². The lowest BCUT2D eigenvalue weighted by Gasteiger charge is -2.32. The summed E-state index contributed by atoms with van der Waals surface area (Å²) in [5.41, 5.74) is 0.977. The summed E-state index contributed by atoms with van der Waals surface area (Å²) in [5.74, 6) is 0.715. The molecule has 2 aromatic rings. The molecule has 2 unspecified atom stereocenters. The molecule has 3 heterocycles. The van der Waals surface area contributed by atoms with Crippen molar-refractivity contribution in [3.8, 4) is 0 Å². The van der Waals surface area contributed by atoms with Crippen LogP contribution in [0.3, 0.4) is 0 Å². The molecule has 2 aliphatic heterocycles. The summed E-state index contributed by atoms with van der Waals surface area (Å²) in [5, 5.41) is 5.92. The number of nitrogens with zero attached hydrogens (tertiary/aromatic N) is 2. The van der Waals surface area contributed by atoms with E-state index in [1.807, 2.05) is 0 Å². The van der Waals surface area contributed by atoms with Gasteiger partial charge in [0.15, 0.2) is 5.13 Å². The van der Waals surface area contributed by atoms with E-state index in [1.165, 1.54) is 43.2 Å². The molecular weight excluding hydrogens is 404 g/mol. The molecule has 0 bridgehead atoms. The van der Waals surface area contributed by atoms with E-state index >= 15 is 0 Å². The third-order valence-corrected chi connectivity index (χ3v) is 7.98. The highest BCUT2D eigenvalue weighted by atomic mass is 35.5. The molecule has 0 amide bonds. The van der Waals surface area contributed by atoms with Crippen molar-refractivity contribution >= 4 is 43.8 Å². The second-order valence-corrected chi connectivity index (χ2v) is 10.5. The van der Waals surface area contributed by atoms with Crippen molar-refractivity contribution < 1.29 is 8.42 Å². The minimum atomic E-state index is -3.70. The van der Waals surface area contributed by atoms with Gasteiger partial charge in [0, 0.05) is 30.2 Å². The van der Waals surface area contributed by atoms with Gasteiger partial charge in [-0.2, -0.15) is 0 Å². The quantitative estimate of drug-likeness (QED) is 0.733. The number of rotatable bonds is 6. The molecule has 2 saturated heterocycles. The van der Waals surface area contributed by atoms with Gasteiger partial charge in [0.25, 0.3) is 10.0 Å². The van der Waals surface area contributed by atoms with Gasteiger partial charge in [0.1, 0.15) is 0 Å². The molecule has 4 rings (SSSR count). The van der Waals surface area contributed by atoms with Gasteiger partial charge in [-0.05, 0) is 49.9 Å². The second-order valence-electron chi connectivity index (χ2n) is 7.52. The molecular formula is C18H23ClN4O2S2. The maximum atomic E-state index is 12.5. The van der Waals surface area contributed by atoms with Crippen molar-refractivity contribution in [2.24, 2.45) is 5.92 Å². The Morgan fingerprint density at radius 2 is 2.30 bits per heavy atom. The van der Waals surface area contributed by atoms with Crippen LogP contribution in [0.2, 0.25) is 5.02 Å². The number of benzene rings is 1. The first-order valence-electron chi connectivity index (χ1n) is 9.09. The summed E-state index contributed by atoms with van der Waals surface area (Å²) in [4.78, 5) is 6.68. The van der Waals surface area contributed by atoms with Gasteiger partial charge in [-0.1, -0.05) is 18.5 Å². The van der Waals surface area contributed by atoms with Crippen molar-refractivity contribution in [2.75, 3.05) is 29.7 Å². The average molecular weight is 427 g/mol. The molecule has 1 aromatic heterocycles. The molecule has 27 heavy (non-hydrogen) atoms. The van der Waals surface area contributed by atoms with E-state index in [1.54, 1.807) is 23.7 Å². The van der Waals surface area contributed by atoms with Crippen molar-refractivity contribution in [1.29, 1.82) is 0 Å². The molecule has 2 fully saturated rings. The summed E-state index contributed by atoms with van der Waals surface area (Å²) >= 11 is 7.62. The van der Waals surface area contributed by atoms with Crippen LogP contribution in [-0.4, -0.2) is 43.5 Å². The molecule has 2 atom stereocenters. The predicted molar refractivity (Wildman–Crippen MR) is 110 cm³/mol. The second kappa shape index (κ2) is 7.24. The minimum absolute atomic E-state index is 0.128. The van der Waals surface area contributed by atoms with Crippen LogP contribution >= 0.6 is 22.9 Å². The van der Waals surface area contributed by atoms with Crippen molar-refractivity contribution in [3.63, 3.8) is 0 Å². The van der Waals surface area contributed by atoms with Crippen LogP contribution in [0, 0.1) is 5.92 Å². The van der Waals surface area contributed by atoms with E-state index in [9.17, 15) is 8.42 Å². The molecule has 9 heteroatoms. The van der Waals surface area contributed by atoms with Crippen LogP contribution in [0.25, 0.3) is 0 Å². The number of hydrogen-bond acceptors (Lipinski definition) is 6. The highest BCUT2D eigenvalue weighted by molar-refractivity contribution is 7.93. The normalized spacial score (nSPS) is 25.5. The fraction of sp³-hybridized carbons (Fsp3) is 0.500. The summed E-state index contributed by atoms with van der Waals surface area (Å²) < 4.78 is 27.4. The summed E-state index contributed by atoms with van der Waals surface area (Å²) in [6, 6.07) is 4.81. The smallest absolute Gasteiger partial charge is 0.263 e. The van der Waals surface area contributed by atoms with E-state index < -0.39 is 10.0 Å². The molecule has 2 aliphatic rings. The maximum Gasteiger partial charge on any atom is 0.263 e. The average Bonchev–Trinajstić information content (AvgIpc) is 3.29. The van der Waals surface area contributed by atoms with Gasteiger partial charge in [0.2, 0.25) is 0 Å². The van der Waals surface area contributed by atoms with Crippen LogP contribution in [0.4, 0.5) is 10.8 Å². The van der Waals surface area contributed by atoms with Gasteiger partial charge in [-0.3, -0.25) is 9.62 Å². The Morgan fingerprint density at radius 1 is 1.44 bits per heavy atom. The molecule has 6 nitrogen and oxygen atoms in total. The largest absolute Gasteiger partial charge is 0.382 e. The van der Waals surface area contributed by atoms with Crippen LogP contribution in [0.1, 0.15) is 26.2 Å². The molecule has 0 spiro atoms. The SMILES string of the molecule is CC1CN2CCCC2(CNc2ccc(S(=O)(=O)Nc3nccs3)cc2Cl)C1. The van der Waals surface area contributed by atoms with Gasteiger partial charge in [0.05, 0.1) is 15.6 Å². The summed E-state index contributed by atoms with van der Waals surface area (Å²) in [7, 11) is -3.70. The van der Waals surface area contributed by atoms with E-state index in [4.69, 9.17) is 11.6 Å². The Hall–Kier alpha value is -1.35. The van der Waals surface area contributed by atoms with Crippen molar-refractivity contribution in [1.82, 2.24) is 9.88 Å². The van der Waals surface area contributed by atoms with E-state index in [0.29, 0.717) is 16.1 Å². The first-order valence-corrected chi connectivity index (χ1v) is 11.8. The number of hydrogen-bond donors (Lipinski definition) is 2. The lowest BCUT2D eigenvalue weighted by molar-refractivity contribution is 0.209.